The summed E-state index contributed by atoms with van der Waals surface area (Å²) >= 11 is 0. The summed E-state index contributed by atoms with van der Waals surface area (Å²) in [5.41, 5.74) is 0.593. The van der Waals surface area contributed by atoms with Gasteiger partial charge in [0, 0.05) is 31.8 Å². The summed E-state index contributed by atoms with van der Waals surface area (Å²) in [5.74, 6) is -3.05. The molecule has 0 aromatic heterocycles. The van der Waals surface area contributed by atoms with Crippen LogP contribution in [0.3, 0.4) is 0 Å². The molecule has 23 heavy (non-hydrogen) atoms. The maximum absolute atomic E-state index is 13.5. The first kappa shape index (κ1) is 17.0. The molecule has 1 fully saturated rings. The lowest BCUT2D eigenvalue weighted by Gasteiger charge is -2.30. The molecule has 8 heteroatoms. The zero-order valence-corrected chi connectivity index (χ0v) is 12.6. The topological polar surface area (TPSA) is 81.7 Å². The van der Waals surface area contributed by atoms with Crippen molar-refractivity contribution in [2.24, 2.45) is 0 Å². The van der Waals surface area contributed by atoms with E-state index in [1.165, 1.54) is 0 Å². The van der Waals surface area contributed by atoms with E-state index in [1.54, 1.807) is 0 Å². The Morgan fingerprint density at radius 2 is 1.78 bits per heavy atom. The minimum Gasteiger partial charge on any atom is -0.481 e. The number of carboxylic acid groups (broad SMARTS) is 1. The molecule has 1 aliphatic heterocycles. The Labute approximate surface area is 132 Å². The van der Waals surface area contributed by atoms with Gasteiger partial charge in [-0.25, -0.2) is 13.6 Å². The van der Waals surface area contributed by atoms with Crippen LogP contribution >= 0.6 is 0 Å². The maximum Gasteiger partial charge on any atom is 0.319 e. The second-order valence-electron chi connectivity index (χ2n) is 5.36. The summed E-state index contributed by atoms with van der Waals surface area (Å²) in [5, 5.41) is 13.3. The molecule has 0 bridgehead atoms. The van der Waals surface area contributed by atoms with Gasteiger partial charge in [-0.15, -0.1) is 0 Å². The number of carbonyl (C=O) groups excluding carboxylic acids is 1. The highest BCUT2D eigenvalue weighted by Gasteiger charge is 2.19. The summed E-state index contributed by atoms with van der Waals surface area (Å²) in [6, 6.07) is 1.36. The third-order valence-corrected chi connectivity index (χ3v) is 3.61. The molecule has 2 amide bonds. The highest BCUT2D eigenvalue weighted by molar-refractivity contribution is 5.93. The Balaban J connectivity index is 2.11. The van der Waals surface area contributed by atoms with E-state index in [9.17, 15) is 18.4 Å². The zero-order valence-electron chi connectivity index (χ0n) is 12.6. The van der Waals surface area contributed by atoms with E-state index < -0.39 is 23.6 Å². The van der Waals surface area contributed by atoms with Crippen molar-refractivity contribution in [2.75, 3.05) is 29.9 Å². The highest BCUT2D eigenvalue weighted by atomic mass is 19.2. The molecule has 0 aliphatic carbocycles. The fourth-order valence-electron chi connectivity index (χ4n) is 2.48. The van der Waals surface area contributed by atoms with Gasteiger partial charge < -0.3 is 20.6 Å². The third kappa shape index (κ3) is 4.80. The summed E-state index contributed by atoms with van der Waals surface area (Å²) in [4.78, 5) is 24.1. The summed E-state index contributed by atoms with van der Waals surface area (Å²) in [6.45, 7) is 1.37. The number of nitrogens with zero attached hydrogens (tertiary/aromatic N) is 1. The molecule has 1 aliphatic rings. The van der Waals surface area contributed by atoms with Gasteiger partial charge >= 0.3 is 12.0 Å². The number of hydrogen-bond acceptors (Lipinski definition) is 3. The number of rotatable bonds is 5. The Morgan fingerprint density at radius 1 is 1.13 bits per heavy atom. The number of aliphatic carboxylic acids is 1. The van der Waals surface area contributed by atoms with Gasteiger partial charge in [0.25, 0.3) is 0 Å². The minimum absolute atomic E-state index is 0.0517. The molecule has 0 saturated carbocycles. The number of urea groups is 1. The molecule has 1 saturated heterocycles. The van der Waals surface area contributed by atoms with Crippen molar-refractivity contribution >= 4 is 23.4 Å². The lowest BCUT2D eigenvalue weighted by atomic mass is 10.1. The van der Waals surface area contributed by atoms with Gasteiger partial charge in [-0.2, -0.15) is 0 Å². The standard InChI is InChI=1S/C15H19F2N3O3/c16-10-8-12(19-15(23)18-5-4-14(21)22)13(9-11(10)17)20-6-2-1-3-7-20/h8-9H,1-7H2,(H,21,22)(H2,18,19,23). The number of piperidine rings is 1. The average molecular weight is 327 g/mol. The van der Waals surface area contributed by atoms with Crippen LogP contribution in [0.25, 0.3) is 0 Å². The SMILES string of the molecule is O=C(O)CCNC(=O)Nc1cc(F)c(F)cc1N1CCCCC1. The summed E-state index contributed by atoms with van der Waals surface area (Å²) in [7, 11) is 0. The van der Waals surface area contributed by atoms with Crippen LogP contribution in [0.2, 0.25) is 0 Å². The van der Waals surface area contributed by atoms with Gasteiger partial charge in [0.05, 0.1) is 17.8 Å². The molecule has 1 heterocycles. The molecule has 0 unspecified atom stereocenters. The van der Waals surface area contributed by atoms with Crippen LogP contribution < -0.4 is 15.5 Å². The molecular formula is C15H19F2N3O3. The molecule has 2 rings (SSSR count). The van der Waals surface area contributed by atoms with E-state index in [2.05, 4.69) is 10.6 Å². The quantitative estimate of drug-likeness (QED) is 0.776. The van der Waals surface area contributed by atoms with E-state index in [0.29, 0.717) is 18.8 Å². The van der Waals surface area contributed by atoms with E-state index in [1.807, 2.05) is 4.90 Å². The smallest absolute Gasteiger partial charge is 0.319 e. The Hall–Kier alpha value is -2.38. The van der Waals surface area contributed by atoms with E-state index in [-0.39, 0.29) is 18.7 Å². The third-order valence-electron chi connectivity index (χ3n) is 3.61. The van der Waals surface area contributed by atoms with Crippen molar-refractivity contribution in [3.05, 3.63) is 23.8 Å². The molecule has 1 aromatic carbocycles. The number of carbonyl (C=O) groups is 2. The Kier molecular flexibility index (Phi) is 5.72. The average Bonchev–Trinajstić information content (AvgIpc) is 2.51. The van der Waals surface area contributed by atoms with Crippen LogP contribution in [0.5, 0.6) is 0 Å². The van der Waals surface area contributed by atoms with Gasteiger partial charge in [0.2, 0.25) is 0 Å². The Bertz CT molecular complexity index is 590. The monoisotopic (exact) mass is 327 g/mol. The zero-order chi connectivity index (χ0) is 16.8. The van der Waals surface area contributed by atoms with Crippen molar-refractivity contribution in [3.8, 4) is 0 Å². The first-order valence-electron chi connectivity index (χ1n) is 7.48. The number of benzene rings is 1. The number of anilines is 2. The van der Waals surface area contributed by atoms with Crippen LogP contribution in [0.15, 0.2) is 12.1 Å². The lowest BCUT2D eigenvalue weighted by Crippen LogP contribution is -2.33. The summed E-state index contributed by atoms with van der Waals surface area (Å²) < 4.78 is 27.0. The second kappa shape index (κ2) is 7.75. The van der Waals surface area contributed by atoms with Crippen LogP contribution in [-0.4, -0.2) is 36.7 Å². The van der Waals surface area contributed by atoms with Crippen molar-refractivity contribution in [1.82, 2.24) is 5.32 Å². The largest absolute Gasteiger partial charge is 0.481 e. The lowest BCUT2D eigenvalue weighted by molar-refractivity contribution is -0.136. The van der Waals surface area contributed by atoms with Gasteiger partial charge in [0.15, 0.2) is 11.6 Å². The molecule has 0 spiro atoms. The van der Waals surface area contributed by atoms with Crippen molar-refractivity contribution in [2.45, 2.75) is 25.7 Å². The van der Waals surface area contributed by atoms with Gasteiger partial charge in [-0.05, 0) is 19.3 Å². The Morgan fingerprint density at radius 3 is 2.43 bits per heavy atom. The molecule has 0 radical (unpaired) electrons. The number of carboxylic acids is 1. The van der Waals surface area contributed by atoms with Crippen LogP contribution in [0.4, 0.5) is 25.0 Å². The van der Waals surface area contributed by atoms with Gasteiger partial charge in [-0.3, -0.25) is 4.79 Å². The number of hydrogen-bond donors (Lipinski definition) is 3. The number of amides is 2. The highest BCUT2D eigenvalue weighted by Crippen LogP contribution is 2.30. The molecular weight excluding hydrogens is 308 g/mol. The van der Waals surface area contributed by atoms with Crippen molar-refractivity contribution < 1.29 is 23.5 Å². The van der Waals surface area contributed by atoms with Gasteiger partial charge in [-0.1, -0.05) is 0 Å². The van der Waals surface area contributed by atoms with Gasteiger partial charge in [0.1, 0.15) is 0 Å². The maximum atomic E-state index is 13.5. The van der Waals surface area contributed by atoms with Crippen molar-refractivity contribution in [1.29, 1.82) is 0 Å². The van der Waals surface area contributed by atoms with Crippen LogP contribution in [0, 0.1) is 11.6 Å². The normalized spacial score (nSPS) is 14.4. The first-order valence-corrected chi connectivity index (χ1v) is 7.48. The van der Waals surface area contributed by atoms with Crippen molar-refractivity contribution in [3.63, 3.8) is 0 Å². The summed E-state index contributed by atoms with van der Waals surface area (Å²) in [6.07, 6.45) is 2.76. The molecule has 1 aromatic rings. The fourth-order valence-corrected chi connectivity index (χ4v) is 2.48. The predicted octanol–water partition coefficient (Wildman–Crippen LogP) is 2.55. The van der Waals surface area contributed by atoms with E-state index >= 15 is 0 Å². The van der Waals surface area contributed by atoms with Crippen LogP contribution in [0.1, 0.15) is 25.7 Å². The minimum atomic E-state index is -1.05. The molecule has 0 atom stereocenters. The molecule has 3 N–H and O–H groups in total. The molecule has 126 valence electrons. The number of halogens is 2. The predicted molar refractivity (Wildman–Crippen MR) is 81.7 cm³/mol. The van der Waals surface area contributed by atoms with Crippen LogP contribution in [-0.2, 0) is 4.79 Å². The van der Waals surface area contributed by atoms with E-state index in [4.69, 9.17) is 5.11 Å². The second-order valence-corrected chi connectivity index (χ2v) is 5.36. The first-order chi connectivity index (χ1) is 11.0. The number of nitrogens with one attached hydrogen (secondary N) is 2. The molecule has 6 nitrogen and oxygen atoms in total. The van der Waals surface area contributed by atoms with E-state index in [0.717, 1.165) is 31.4 Å². The fraction of sp³-hybridized carbons (Fsp3) is 0.467.